The van der Waals surface area contributed by atoms with E-state index in [4.69, 9.17) is 4.74 Å². The van der Waals surface area contributed by atoms with E-state index in [9.17, 15) is 4.79 Å². The Morgan fingerprint density at radius 1 is 1.29 bits per heavy atom. The van der Waals surface area contributed by atoms with Crippen molar-refractivity contribution in [1.82, 2.24) is 0 Å². The number of benzene rings is 1. The van der Waals surface area contributed by atoms with Crippen LogP contribution in [0.3, 0.4) is 0 Å². The molecular weight excluding hydrogens is 232 g/mol. The monoisotopic (exact) mass is 252 g/mol. The van der Waals surface area contributed by atoms with E-state index in [1.54, 1.807) is 18.9 Å². The first-order chi connectivity index (χ1) is 8.03. The molecule has 1 aromatic rings. The van der Waals surface area contributed by atoms with Crippen molar-refractivity contribution in [2.45, 2.75) is 37.2 Å². The zero-order valence-electron chi connectivity index (χ0n) is 10.7. The van der Waals surface area contributed by atoms with Gasteiger partial charge >= 0.3 is 0 Å². The van der Waals surface area contributed by atoms with Gasteiger partial charge in [-0.05, 0) is 32.4 Å². The Morgan fingerprint density at radius 2 is 1.94 bits per heavy atom. The van der Waals surface area contributed by atoms with Crippen molar-refractivity contribution in [3.63, 3.8) is 0 Å². The minimum absolute atomic E-state index is 0.201. The first kappa shape index (κ1) is 14.3. The van der Waals surface area contributed by atoms with Gasteiger partial charge in [-0.2, -0.15) is 0 Å². The Balaban J connectivity index is 2.27. The molecule has 0 spiro atoms. The van der Waals surface area contributed by atoms with Crippen molar-refractivity contribution in [3.05, 3.63) is 30.3 Å². The molecule has 94 valence electrons. The Hall–Kier alpha value is -0.800. The van der Waals surface area contributed by atoms with Gasteiger partial charge in [0.2, 0.25) is 0 Å². The van der Waals surface area contributed by atoms with Crippen LogP contribution in [0.2, 0.25) is 0 Å². The van der Waals surface area contributed by atoms with Gasteiger partial charge in [0.15, 0.2) is 0 Å². The lowest BCUT2D eigenvalue weighted by molar-refractivity contribution is -0.118. The summed E-state index contributed by atoms with van der Waals surface area (Å²) in [6, 6.07) is 10.0. The molecule has 0 fully saturated rings. The third-order valence-corrected chi connectivity index (χ3v) is 3.77. The highest BCUT2D eigenvalue weighted by molar-refractivity contribution is 8.00. The average molecular weight is 252 g/mol. The SMILES string of the molecule is COC(C)(C)CCC(=O)CSc1ccccc1. The van der Waals surface area contributed by atoms with Crippen LogP contribution in [-0.2, 0) is 9.53 Å². The van der Waals surface area contributed by atoms with E-state index in [1.807, 2.05) is 44.2 Å². The van der Waals surface area contributed by atoms with Crippen LogP contribution in [0.4, 0.5) is 0 Å². The highest BCUT2D eigenvalue weighted by atomic mass is 32.2. The highest BCUT2D eigenvalue weighted by Gasteiger charge is 2.17. The van der Waals surface area contributed by atoms with Crippen molar-refractivity contribution in [2.75, 3.05) is 12.9 Å². The summed E-state index contributed by atoms with van der Waals surface area (Å²) in [4.78, 5) is 12.8. The number of thioether (sulfide) groups is 1. The minimum Gasteiger partial charge on any atom is -0.379 e. The van der Waals surface area contributed by atoms with Gasteiger partial charge in [-0.25, -0.2) is 0 Å². The molecule has 0 radical (unpaired) electrons. The van der Waals surface area contributed by atoms with E-state index < -0.39 is 0 Å². The lowest BCUT2D eigenvalue weighted by Gasteiger charge is -2.22. The summed E-state index contributed by atoms with van der Waals surface area (Å²) in [6.45, 7) is 4.01. The Kier molecular flexibility index (Phi) is 5.72. The molecule has 0 saturated carbocycles. The van der Waals surface area contributed by atoms with E-state index in [2.05, 4.69) is 0 Å². The second-order valence-corrected chi connectivity index (χ2v) is 5.65. The first-order valence-corrected chi connectivity index (χ1v) is 6.77. The molecule has 0 unspecified atom stereocenters. The number of ether oxygens (including phenoxy) is 1. The number of hydrogen-bond donors (Lipinski definition) is 0. The van der Waals surface area contributed by atoms with Crippen LogP contribution in [0.15, 0.2) is 35.2 Å². The number of carbonyl (C=O) groups excluding carboxylic acids is 1. The second kappa shape index (κ2) is 6.82. The van der Waals surface area contributed by atoms with Crippen molar-refractivity contribution in [2.24, 2.45) is 0 Å². The van der Waals surface area contributed by atoms with Crippen LogP contribution >= 0.6 is 11.8 Å². The normalized spacial score (nSPS) is 11.5. The smallest absolute Gasteiger partial charge is 0.143 e. The van der Waals surface area contributed by atoms with E-state index in [0.717, 1.165) is 11.3 Å². The third-order valence-electron chi connectivity index (χ3n) is 2.70. The van der Waals surface area contributed by atoms with Gasteiger partial charge < -0.3 is 4.74 Å². The molecular formula is C14H20O2S. The molecule has 0 bridgehead atoms. The van der Waals surface area contributed by atoms with Crippen molar-refractivity contribution < 1.29 is 9.53 Å². The maximum Gasteiger partial charge on any atom is 0.143 e. The molecule has 1 rings (SSSR count). The van der Waals surface area contributed by atoms with Crippen molar-refractivity contribution >= 4 is 17.5 Å². The topological polar surface area (TPSA) is 26.3 Å². The van der Waals surface area contributed by atoms with Gasteiger partial charge in [0.1, 0.15) is 5.78 Å². The largest absolute Gasteiger partial charge is 0.379 e. The number of hydrogen-bond acceptors (Lipinski definition) is 3. The summed E-state index contributed by atoms with van der Waals surface area (Å²) in [5.74, 6) is 0.827. The molecule has 17 heavy (non-hydrogen) atoms. The van der Waals surface area contributed by atoms with Crippen LogP contribution in [-0.4, -0.2) is 24.2 Å². The Morgan fingerprint density at radius 3 is 2.53 bits per heavy atom. The van der Waals surface area contributed by atoms with E-state index in [0.29, 0.717) is 12.2 Å². The van der Waals surface area contributed by atoms with E-state index in [1.165, 1.54) is 0 Å². The van der Waals surface area contributed by atoms with Crippen LogP contribution in [0.5, 0.6) is 0 Å². The molecule has 0 aliphatic rings. The van der Waals surface area contributed by atoms with Crippen molar-refractivity contribution in [3.8, 4) is 0 Å². The number of ketones is 1. The van der Waals surface area contributed by atoms with E-state index >= 15 is 0 Å². The predicted molar refractivity (Wildman–Crippen MR) is 72.5 cm³/mol. The molecule has 0 saturated heterocycles. The molecule has 0 aliphatic carbocycles. The quantitative estimate of drug-likeness (QED) is 0.694. The molecule has 2 nitrogen and oxygen atoms in total. The molecule has 0 heterocycles. The number of rotatable bonds is 7. The summed E-state index contributed by atoms with van der Waals surface area (Å²) in [7, 11) is 1.68. The van der Waals surface area contributed by atoms with Gasteiger partial charge in [0.05, 0.1) is 11.4 Å². The second-order valence-electron chi connectivity index (χ2n) is 4.60. The summed E-state index contributed by atoms with van der Waals surface area (Å²) < 4.78 is 5.29. The zero-order chi connectivity index (χ0) is 12.7. The fourth-order valence-electron chi connectivity index (χ4n) is 1.30. The van der Waals surface area contributed by atoms with Crippen LogP contribution in [0, 0.1) is 0 Å². The fourth-order valence-corrected chi connectivity index (χ4v) is 2.12. The molecule has 0 amide bonds. The third kappa shape index (κ3) is 5.89. The summed E-state index contributed by atoms with van der Waals surface area (Å²) >= 11 is 1.60. The van der Waals surface area contributed by atoms with Gasteiger partial charge in [-0.1, -0.05) is 18.2 Å². The van der Waals surface area contributed by atoms with Crippen molar-refractivity contribution in [1.29, 1.82) is 0 Å². The lowest BCUT2D eigenvalue weighted by Crippen LogP contribution is -2.23. The maximum absolute atomic E-state index is 11.7. The minimum atomic E-state index is -0.201. The zero-order valence-corrected chi connectivity index (χ0v) is 11.5. The van der Waals surface area contributed by atoms with E-state index in [-0.39, 0.29) is 11.4 Å². The van der Waals surface area contributed by atoms with Gasteiger partial charge in [-0.15, -0.1) is 11.8 Å². The van der Waals surface area contributed by atoms with Crippen LogP contribution < -0.4 is 0 Å². The molecule has 0 N–H and O–H groups in total. The Labute approximate surface area is 108 Å². The lowest BCUT2D eigenvalue weighted by atomic mass is 10.0. The average Bonchev–Trinajstić information content (AvgIpc) is 2.35. The number of Topliss-reactive ketones (excluding diaryl/α,β-unsaturated/α-hetero) is 1. The van der Waals surface area contributed by atoms with Gasteiger partial charge in [0.25, 0.3) is 0 Å². The molecule has 0 aliphatic heterocycles. The summed E-state index contributed by atoms with van der Waals surface area (Å²) in [6.07, 6.45) is 1.36. The molecule has 3 heteroatoms. The standard InChI is InChI=1S/C14H20O2S/c1-14(2,16-3)10-9-12(15)11-17-13-7-5-4-6-8-13/h4-8H,9-11H2,1-3H3. The number of methoxy groups -OCH3 is 1. The highest BCUT2D eigenvalue weighted by Crippen LogP contribution is 2.20. The number of carbonyl (C=O) groups is 1. The molecule has 1 aromatic carbocycles. The van der Waals surface area contributed by atoms with Crippen LogP contribution in [0.1, 0.15) is 26.7 Å². The maximum atomic E-state index is 11.7. The fraction of sp³-hybridized carbons (Fsp3) is 0.500. The molecule has 0 aromatic heterocycles. The van der Waals surface area contributed by atoms with Gasteiger partial charge in [0, 0.05) is 18.4 Å². The summed E-state index contributed by atoms with van der Waals surface area (Å²) in [5, 5.41) is 0. The summed E-state index contributed by atoms with van der Waals surface area (Å²) in [5.41, 5.74) is -0.201. The Bertz CT molecular complexity index is 346. The van der Waals surface area contributed by atoms with Crippen LogP contribution in [0.25, 0.3) is 0 Å². The predicted octanol–water partition coefficient (Wildman–Crippen LogP) is 3.55. The molecule has 0 atom stereocenters. The first-order valence-electron chi connectivity index (χ1n) is 5.78. The van der Waals surface area contributed by atoms with Gasteiger partial charge in [-0.3, -0.25) is 4.79 Å².